The second-order valence-corrected chi connectivity index (χ2v) is 5.30. The van der Waals surface area contributed by atoms with Gasteiger partial charge in [0.15, 0.2) is 0 Å². The van der Waals surface area contributed by atoms with Crippen molar-refractivity contribution in [1.29, 1.82) is 0 Å². The summed E-state index contributed by atoms with van der Waals surface area (Å²) in [5.74, 6) is 1.79. The highest BCUT2D eigenvalue weighted by Gasteiger charge is 2.20. The van der Waals surface area contributed by atoms with Gasteiger partial charge in [0.1, 0.15) is 5.76 Å². The first-order chi connectivity index (χ1) is 9.38. The van der Waals surface area contributed by atoms with Gasteiger partial charge in [-0.25, -0.2) is 0 Å². The van der Waals surface area contributed by atoms with E-state index >= 15 is 0 Å². The van der Waals surface area contributed by atoms with Crippen LogP contribution in [0, 0.1) is 0 Å². The SMILES string of the molecule is CCNC(c1ccc(C2CCC2)cc1)c1ccco1. The highest BCUT2D eigenvalue weighted by molar-refractivity contribution is 5.32. The van der Waals surface area contributed by atoms with Crippen LogP contribution in [0.4, 0.5) is 0 Å². The molecule has 100 valence electrons. The lowest BCUT2D eigenvalue weighted by Gasteiger charge is -2.26. The maximum Gasteiger partial charge on any atom is 0.125 e. The van der Waals surface area contributed by atoms with Crippen molar-refractivity contribution in [1.82, 2.24) is 5.32 Å². The summed E-state index contributed by atoms with van der Waals surface area (Å²) in [6.45, 7) is 3.05. The largest absolute Gasteiger partial charge is 0.467 e. The number of rotatable bonds is 5. The van der Waals surface area contributed by atoms with Gasteiger partial charge < -0.3 is 9.73 Å². The Kier molecular flexibility index (Phi) is 3.69. The number of nitrogens with one attached hydrogen (secondary N) is 1. The summed E-state index contributed by atoms with van der Waals surface area (Å²) in [5.41, 5.74) is 2.77. The van der Waals surface area contributed by atoms with Gasteiger partial charge in [-0.2, -0.15) is 0 Å². The topological polar surface area (TPSA) is 25.2 Å². The van der Waals surface area contributed by atoms with E-state index in [2.05, 4.69) is 36.5 Å². The highest BCUT2D eigenvalue weighted by atomic mass is 16.3. The molecule has 2 nitrogen and oxygen atoms in total. The predicted molar refractivity (Wildman–Crippen MR) is 77.3 cm³/mol. The van der Waals surface area contributed by atoms with Crippen molar-refractivity contribution in [2.45, 2.75) is 38.1 Å². The van der Waals surface area contributed by atoms with Crippen LogP contribution in [0.15, 0.2) is 47.1 Å². The van der Waals surface area contributed by atoms with E-state index < -0.39 is 0 Å². The zero-order valence-corrected chi connectivity index (χ0v) is 11.4. The first kappa shape index (κ1) is 12.5. The molecule has 2 aromatic rings. The molecule has 1 aromatic heterocycles. The van der Waals surface area contributed by atoms with E-state index in [9.17, 15) is 0 Å². The van der Waals surface area contributed by atoms with Gasteiger partial charge in [-0.05, 0) is 48.6 Å². The van der Waals surface area contributed by atoms with E-state index in [1.807, 2.05) is 12.1 Å². The standard InChI is InChI=1S/C17H21NO/c1-2-18-17(16-7-4-12-19-16)15-10-8-14(9-11-15)13-5-3-6-13/h4,7-13,17-18H,2-3,5-6H2,1H3. The van der Waals surface area contributed by atoms with Gasteiger partial charge in [-0.15, -0.1) is 0 Å². The van der Waals surface area contributed by atoms with Crippen molar-refractivity contribution in [2.75, 3.05) is 6.54 Å². The summed E-state index contributed by atoms with van der Waals surface area (Å²) in [4.78, 5) is 0. The first-order valence-corrected chi connectivity index (χ1v) is 7.25. The average Bonchev–Trinajstić information content (AvgIpc) is 2.89. The second kappa shape index (κ2) is 5.62. The van der Waals surface area contributed by atoms with Gasteiger partial charge in [0.25, 0.3) is 0 Å². The Labute approximate surface area is 114 Å². The second-order valence-electron chi connectivity index (χ2n) is 5.30. The van der Waals surface area contributed by atoms with Crippen LogP contribution in [0.2, 0.25) is 0 Å². The normalized spacial score (nSPS) is 17.1. The van der Waals surface area contributed by atoms with Crippen molar-refractivity contribution in [3.8, 4) is 0 Å². The molecule has 0 saturated heterocycles. The molecule has 1 aliphatic rings. The molecular formula is C17H21NO. The Balaban J connectivity index is 1.81. The maximum absolute atomic E-state index is 5.55. The molecule has 0 radical (unpaired) electrons. The molecule has 1 aliphatic carbocycles. The van der Waals surface area contributed by atoms with Crippen LogP contribution in [0.3, 0.4) is 0 Å². The molecule has 3 rings (SSSR count). The van der Waals surface area contributed by atoms with Gasteiger partial charge in [0.05, 0.1) is 12.3 Å². The van der Waals surface area contributed by atoms with E-state index in [1.165, 1.54) is 30.4 Å². The highest BCUT2D eigenvalue weighted by Crippen LogP contribution is 2.36. The van der Waals surface area contributed by atoms with Crippen LogP contribution in [0.5, 0.6) is 0 Å². The van der Waals surface area contributed by atoms with E-state index in [4.69, 9.17) is 4.42 Å². The van der Waals surface area contributed by atoms with Crippen LogP contribution in [-0.4, -0.2) is 6.54 Å². The number of furan rings is 1. The average molecular weight is 255 g/mol. The van der Waals surface area contributed by atoms with Crippen LogP contribution in [0.25, 0.3) is 0 Å². The van der Waals surface area contributed by atoms with Gasteiger partial charge in [-0.1, -0.05) is 37.6 Å². The third-order valence-electron chi connectivity index (χ3n) is 4.08. The Morgan fingerprint density at radius 2 is 2.00 bits per heavy atom. The van der Waals surface area contributed by atoms with Gasteiger partial charge in [0.2, 0.25) is 0 Å². The Hall–Kier alpha value is -1.54. The lowest BCUT2D eigenvalue weighted by atomic mass is 9.80. The summed E-state index contributed by atoms with van der Waals surface area (Å²) in [6, 6.07) is 13.2. The van der Waals surface area contributed by atoms with Crippen molar-refractivity contribution in [2.24, 2.45) is 0 Å². The molecule has 1 atom stereocenters. The van der Waals surface area contributed by atoms with E-state index in [0.717, 1.165) is 18.2 Å². The van der Waals surface area contributed by atoms with Crippen molar-refractivity contribution in [3.05, 3.63) is 59.5 Å². The number of hydrogen-bond donors (Lipinski definition) is 1. The molecule has 0 spiro atoms. The van der Waals surface area contributed by atoms with Gasteiger partial charge >= 0.3 is 0 Å². The van der Waals surface area contributed by atoms with Crippen LogP contribution >= 0.6 is 0 Å². The van der Waals surface area contributed by atoms with E-state index in [0.29, 0.717) is 0 Å². The molecule has 0 bridgehead atoms. The zero-order valence-electron chi connectivity index (χ0n) is 11.4. The molecule has 1 heterocycles. The smallest absolute Gasteiger partial charge is 0.125 e. The Bertz CT molecular complexity index is 497. The quantitative estimate of drug-likeness (QED) is 0.864. The monoisotopic (exact) mass is 255 g/mol. The fourth-order valence-electron chi connectivity index (χ4n) is 2.74. The third-order valence-corrected chi connectivity index (χ3v) is 4.08. The lowest BCUT2D eigenvalue weighted by molar-refractivity contribution is 0.419. The van der Waals surface area contributed by atoms with E-state index in [1.54, 1.807) is 6.26 Å². The predicted octanol–water partition coefficient (Wildman–Crippen LogP) is 4.25. The fraction of sp³-hybridized carbons (Fsp3) is 0.412. The number of benzene rings is 1. The molecular weight excluding hydrogens is 234 g/mol. The molecule has 1 N–H and O–H groups in total. The molecule has 0 aliphatic heterocycles. The van der Waals surface area contributed by atoms with Gasteiger partial charge in [0, 0.05) is 0 Å². The molecule has 1 fully saturated rings. The Morgan fingerprint density at radius 3 is 2.53 bits per heavy atom. The minimum Gasteiger partial charge on any atom is -0.467 e. The van der Waals surface area contributed by atoms with Crippen molar-refractivity contribution < 1.29 is 4.42 Å². The summed E-state index contributed by atoms with van der Waals surface area (Å²) in [7, 11) is 0. The maximum atomic E-state index is 5.55. The molecule has 0 amide bonds. The molecule has 1 aromatic carbocycles. The first-order valence-electron chi connectivity index (χ1n) is 7.25. The summed E-state index contributed by atoms with van der Waals surface area (Å²) in [5, 5.41) is 3.48. The fourth-order valence-corrected chi connectivity index (χ4v) is 2.74. The summed E-state index contributed by atoms with van der Waals surface area (Å²) < 4.78 is 5.55. The minimum absolute atomic E-state index is 0.162. The van der Waals surface area contributed by atoms with Crippen LogP contribution < -0.4 is 5.32 Å². The zero-order chi connectivity index (χ0) is 13.1. The molecule has 2 heteroatoms. The van der Waals surface area contributed by atoms with Crippen LogP contribution in [-0.2, 0) is 0 Å². The van der Waals surface area contributed by atoms with Crippen molar-refractivity contribution in [3.63, 3.8) is 0 Å². The van der Waals surface area contributed by atoms with E-state index in [-0.39, 0.29) is 6.04 Å². The Morgan fingerprint density at radius 1 is 1.21 bits per heavy atom. The lowest BCUT2D eigenvalue weighted by Crippen LogP contribution is -2.21. The molecule has 1 saturated carbocycles. The molecule has 1 unspecified atom stereocenters. The van der Waals surface area contributed by atoms with Crippen molar-refractivity contribution >= 4 is 0 Å². The summed E-state index contributed by atoms with van der Waals surface area (Å²) >= 11 is 0. The molecule has 19 heavy (non-hydrogen) atoms. The minimum atomic E-state index is 0.162. The third kappa shape index (κ3) is 2.59. The summed E-state index contributed by atoms with van der Waals surface area (Å²) in [6.07, 6.45) is 5.84. The van der Waals surface area contributed by atoms with Crippen LogP contribution in [0.1, 0.15) is 55.0 Å². The van der Waals surface area contributed by atoms with Gasteiger partial charge in [-0.3, -0.25) is 0 Å². The number of hydrogen-bond acceptors (Lipinski definition) is 2.